The molecule has 0 aromatic rings. The third-order valence-corrected chi connectivity index (χ3v) is 4.12. The van der Waals surface area contributed by atoms with Gasteiger partial charge in [0.05, 0.1) is 0 Å². The van der Waals surface area contributed by atoms with Crippen LogP contribution in [0.3, 0.4) is 0 Å². The SMILES string of the molecule is CC(C)(C)OC(=O)N(C[C@@H]1CCCN(CCN)C1)C1CC1. The van der Waals surface area contributed by atoms with Crippen LogP contribution in [0.25, 0.3) is 0 Å². The first-order valence-corrected chi connectivity index (χ1v) is 8.31. The summed E-state index contributed by atoms with van der Waals surface area (Å²) >= 11 is 0. The van der Waals surface area contributed by atoms with Gasteiger partial charge >= 0.3 is 6.09 Å². The highest BCUT2D eigenvalue weighted by atomic mass is 16.6. The predicted octanol–water partition coefficient (Wildman–Crippen LogP) is 2.06. The molecule has 0 bridgehead atoms. The molecule has 2 rings (SSSR count). The van der Waals surface area contributed by atoms with Crippen LogP contribution in [-0.2, 0) is 4.74 Å². The fraction of sp³-hybridized carbons (Fsp3) is 0.938. The molecule has 1 aliphatic carbocycles. The number of likely N-dealkylation sites (tertiary alicyclic amines) is 1. The number of amides is 1. The van der Waals surface area contributed by atoms with E-state index in [4.69, 9.17) is 10.5 Å². The highest BCUT2D eigenvalue weighted by molar-refractivity contribution is 5.69. The maximum absolute atomic E-state index is 12.4. The van der Waals surface area contributed by atoms with Gasteiger partial charge in [0.25, 0.3) is 0 Å². The minimum Gasteiger partial charge on any atom is -0.444 e. The molecule has 1 aliphatic heterocycles. The van der Waals surface area contributed by atoms with Crippen LogP contribution in [0.4, 0.5) is 4.79 Å². The molecule has 1 saturated carbocycles. The van der Waals surface area contributed by atoms with Gasteiger partial charge < -0.3 is 20.3 Å². The average Bonchev–Trinajstić information content (AvgIpc) is 3.19. The van der Waals surface area contributed by atoms with E-state index in [1.54, 1.807) is 0 Å². The van der Waals surface area contributed by atoms with Crippen molar-refractivity contribution >= 4 is 6.09 Å². The normalized spacial score (nSPS) is 23.9. The topological polar surface area (TPSA) is 58.8 Å². The summed E-state index contributed by atoms with van der Waals surface area (Å²) in [6, 6.07) is 0.407. The number of nitrogens with two attached hydrogens (primary N) is 1. The molecule has 2 aliphatic rings. The van der Waals surface area contributed by atoms with Crippen molar-refractivity contribution in [2.75, 3.05) is 32.7 Å². The number of piperidine rings is 1. The van der Waals surface area contributed by atoms with Gasteiger partial charge in [-0.1, -0.05) is 0 Å². The summed E-state index contributed by atoms with van der Waals surface area (Å²) < 4.78 is 5.57. The zero-order valence-corrected chi connectivity index (χ0v) is 13.8. The Morgan fingerprint density at radius 1 is 1.33 bits per heavy atom. The predicted molar refractivity (Wildman–Crippen MR) is 84.2 cm³/mol. The summed E-state index contributed by atoms with van der Waals surface area (Å²) in [5.41, 5.74) is 5.24. The maximum Gasteiger partial charge on any atom is 0.410 e. The lowest BCUT2D eigenvalue weighted by Crippen LogP contribution is -2.46. The van der Waals surface area contributed by atoms with E-state index in [1.165, 1.54) is 12.8 Å². The summed E-state index contributed by atoms with van der Waals surface area (Å²) in [4.78, 5) is 16.8. The van der Waals surface area contributed by atoms with E-state index < -0.39 is 5.60 Å². The van der Waals surface area contributed by atoms with Crippen molar-refractivity contribution in [3.8, 4) is 0 Å². The zero-order chi connectivity index (χ0) is 15.5. The third kappa shape index (κ3) is 5.47. The first kappa shape index (κ1) is 16.6. The van der Waals surface area contributed by atoms with Gasteiger partial charge in [0, 0.05) is 32.2 Å². The lowest BCUT2D eigenvalue weighted by atomic mass is 9.97. The van der Waals surface area contributed by atoms with E-state index in [9.17, 15) is 4.79 Å². The van der Waals surface area contributed by atoms with E-state index in [2.05, 4.69) is 4.90 Å². The van der Waals surface area contributed by atoms with Crippen LogP contribution in [-0.4, -0.2) is 60.3 Å². The van der Waals surface area contributed by atoms with Crippen molar-refractivity contribution in [1.29, 1.82) is 0 Å². The molecule has 0 aromatic carbocycles. The van der Waals surface area contributed by atoms with Crippen LogP contribution < -0.4 is 5.73 Å². The Morgan fingerprint density at radius 2 is 2.05 bits per heavy atom. The number of ether oxygens (including phenoxy) is 1. The van der Waals surface area contributed by atoms with Crippen LogP contribution in [0, 0.1) is 5.92 Å². The molecule has 2 N–H and O–H groups in total. The first-order valence-electron chi connectivity index (χ1n) is 8.31. The summed E-state index contributed by atoms with van der Waals surface area (Å²) in [5, 5.41) is 0. The molecule has 5 heteroatoms. The molecule has 122 valence electrons. The maximum atomic E-state index is 12.4. The minimum atomic E-state index is -0.414. The Morgan fingerprint density at radius 3 is 2.62 bits per heavy atom. The molecule has 1 saturated heterocycles. The quantitative estimate of drug-likeness (QED) is 0.844. The van der Waals surface area contributed by atoms with Gasteiger partial charge in [0.1, 0.15) is 5.60 Å². The van der Waals surface area contributed by atoms with Crippen LogP contribution in [0.1, 0.15) is 46.5 Å². The number of rotatable bonds is 5. The molecule has 1 amide bonds. The van der Waals surface area contributed by atoms with E-state index in [0.717, 1.165) is 39.0 Å². The van der Waals surface area contributed by atoms with Crippen LogP contribution in [0.2, 0.25) is 0 Å². The fourth-order valence-corrected chi connectivity index (χ4v) is 3.04. The molecule has 1 atom stereocenters. The van der Waals surface area contributed by atoms with Crippen molar-refractivity contribution < 1.29 is 9.53 Å². The second-order valence-corrected chi connectivity index (χ2v) is 7.46. The van der Waals surface area contributed by atoms with E-state index in [0.29, 0.717) is 18.5 Å². The largest absolute Gasteiger partial charge is 0.444 e. The van der Waals surface area contributed by atoms with Gasteiger partial charge in [0.15, 0.2) is 0 Å². The molecule has 21 heavy (non-hydrogen) atoms. The Hall–Kier alpha value is -0.810. The highest BCUT2D eigenvalue weighted by Gasteiger charge is 2.37. The lowest BCUT2D eigenvalue weighted by molar-refractivity contribution is 0.0170. The van der Waals surface area contributed by atoms with E-state index >= 15 is 0 Å². The Kier molecular flexibility index (Phi) is 5.49. The number of hydrogen-bond acceptors (Lipinski definition) is 4. The lowest BCUT2D eigenvalue weighted by Gasteiger charge is -2.36. The van der Waals surface area contributed by atoms with Gasteiger partial charge in [-0.05, 0) is 58.9 Å². The number of carbonyl (C=O) groups excluding carboxylic acids is 1. The van der Waals surface area contributed by atoms with Gasteiger partial charge in [0.2, 0.25) is 0 Å². The van der Waals surface area contributed by atoms with Crippen molar-refractivity contribution in [2.24, 2.45) is 11.7 Å². The smallest absolute Gasteiger partial charge is 0.410 e. The minimum absolute atomic E-state index is 0.138. The van der Waals surface area contributed by atoms with Crippen LogP contribution in [0.5, 0.6) is 0 Å². The van der Waals surface area contributed by atoms with Gasteiger partial charge in [-0.3, -0.25) is 0 Å². The first-order chi connectivity index (χ1) is 9.89. The van der Waals surface area contributed by atoms with Gasteiger partial charge in [-0.15, -0.1) is 0 Å². The van der Waals surface area contributed by atoms with Crippen molar-refractivity contribution in [1.82, 2.24) is 9.80 Å². The second kappa shape index (κ2) is 6.97. The number of carbonyl (C=O) groups is 1. The summed E-state index contributed by atoms with van der Waals surface area (Å²) in [6.07, 6.45) is 4.52. The van der Waals surface area contributed by atoms with Gasteiger partial charge in [-0.2, -0.15) is 0 Å². The fourth-order valence-electron chi connectivity index (χ4n) is 3.04. The molecule has 0 radical (unpaired) electrons. The van der Waals surface area contributed by atoms with Crippen LogP contribution >= 0.6 is 0 Å². The van der Waals surface area contributed by atoms with Crippen molar-refractivity contribution in [2.45, 2.75) is 58.1 Å². The number of nitrogens with zero attached hydrogens (tertiary/aromatic N) is 2. The molecule has 0 aromatic heterocycles. The van der Waals surface area contributed by atoms with Gasteiger partial charge in [-0.25, -0.2) is 4.79 Å². The second-order valence-electron chi connectivity index (χ2n) is 7.46. The Labute approximate surface area is 128 Å². The molecule has 0 unspecified atom stereocenters. The van der Waals surface area contributed by atoms with E-state index in [1.807, 2.05) is 25.7 Å². The molecule has 5 nitrogen and oxygen atoms in total. The summed E-state index contributed by atoms with van der Waals surface area (Å²) in [6.45, 7) is 10.5. The Bertz CT molecular complexity index is 348. The molecule has 1 heterocycles. The monoisotopic (exact) mass is 297 g/mol. The average molecular weight is 297 g/mol. The molecular weight excluding hydrogens is 266 g/mol. The summed E-state index contributed by atoms with van der Waals surface area (Å²) in [7, 11) is 0. The number of hydrogen-bond donors (Lipinski definition) is 1. The van der Waals surface area contributed by atoms with Crippen LogP contribution in [0.15, 0.2) is 0 Å². The zero-order valence-electron chi connectivity index (χ0n) is 13.8. The molecule has 0 spiro atoms. The summed E-state index contributed by atoms with van der Waals surface area (Å²) in [5.74, 6) is 0.554. The standard InChI is InChI=1S/C16H31N3O2/c1-16(2,3)21-15(20)19(14-6-7-14)12-13-5-4-9-18(11-13)10-8-17/h13-14H,4-12,17H2,1-3H3/t13-/m1/s1. The van der Waals surface area contributed by atoms with E-state index in [-0.39, 0.29) is 6.09 Å². The van der Waals surface area contributed by atoms with Crippen molar-refractivity contribution in [3.63, 3.8) is 0 Å². The van der Waals surface area contributed by atoms with Crippen molar-refractivity contribution in [3.05, 3.63) is 0 Å². The molecule has 2 fully saturated rings. The highest BCUT2D eigenvalue weighted by Crippen LogP contribution is 2.30. The Balaban J connectivity index is 1.89. The third-order valence-electron chi connectivity index (χ3n) is 4.12. The molecular formula is C16H31N3O2.